The topological polar surface area (TPSA) is 118 Å². The molecule has 0 aromatic carbocycles. The number of thiophene rings is 1. The Morgan fingerprint density at radius 3 is 2.83 bits per heavy atom. The number of esters is 1. The maximum Gasteiger partial charge on any atom is 0.350 e. The van der Waals surface area contributed by atoms with Gasteiger partial charge in [0, 0.05) is 23.6 Å². The van der Waals surface area contributed by atoms with Crippen LogP contribution in [-0.4, -0.2) is 29.8 Å². The minimum Gasteiger partial charge on any atom is -0.469 e. The van der Waals surface area contributed by atoms with Crippen LogP contribution in [0.1, 0.15) is 54.2 Å². The highest BCUT2D eigenvalue weighted by Gasteiger charge is 2.30. The van der Waals surface area contributed by atoms with E-state index in [9.17, 15) is 19.2 Å². The highest BCUT2D eigenvalue weighted by atomic mass is 32.1. The highest BCUT2D eigenvalue weighted by molar-refractivity contribution is 7.12. The first kappa shape index (κ1) is 18.9. The average Bonchev–Trinajstić information content (AvgIpc) is 3.38. The highest BCUT2D eigenvalue weighted by Crippen LogP contribution is 2.32. The number of rotatable bonds is 4. The summed E-state index contributed by atoms with van der Waals surface area (Å²) in [5.41, 5.74) is 0.235. The number of anilines is 1. The second-order valence-electron chi connectivity index (χ2n) is 6.56. The molecule has 9 heteroatoms. The van der Waals surface area contributed by atoms with E-state index < -0.39 is 17.4 Å². The molecule has 3 heterocycles. The van der Waals surface area contributed by atoms with E-state index in [1.54, 1.807) is 29.8 Å². The number of ether oxygens (including phenoxy) is 1. The number of furan rings is 1. The number of hydrogen-bond donors (Lipinski definition) is 2. The molecule has 0 saturated heterocycles. The van der Waals surface area contributed by atoms with Crippen LogP contribution in [0.2, 0.25) is 0 Å². The normalized spacial score (nSPS) is 15.6. The van der Waals surface area contributed by atoms with Crippen LogP contribution in [0.15, 0.2) is 45.1 Å². The molecule has 1 aliphatic rings. The van der Waals surface area contributed by atoms with Gasteiger partial charge in [-0.05, 0) is 36.1 Å². The summed E-state index contributed by atoms with van der Waals surface area (Å²) in [6.07, 6.45) is 2.20. The number of nitrogens with one attached hydrogen (secondary N) is 2. The lowest BCUT2D eigenvalue weighted by Gasteiger charge is -2.22. The van der Waals surface area contributed by atoms with Crippen molar-refractivity contribution in [2.24, 2.45) is 0 Å². The Balaban J connectivity index is 1.62. The molecule has 0 unspecified atom stereocenters. The number of hydrogen-bond acceptors (Lipinski definition) is 7. The fraction of sp³-hybridized carbons (Fsp3) is 0.200. The molecule has 1 atom stereocenters. The van der Waals surface area contributed by atoms with Crippen molar-refractivity contribution < 1.29 is 23.5 Å². The van der Waals surface area contributed by atoms with Crippen LogP contribution in [-0.2, 0) is 11.2 Å². The Morgan fingerprint density at radius 2 is 2.10 bits per heavy atom. The lowest BCUT2D eigenvalue weighted by molar-refractivity contribution is 0.0607. The van der Waals surface area contributed by atoms with Gasteiger partial charge < -0.3 is 19.5 Å². The van der Waals surface area contributed by atoms with Crippen LogP contribution in [0.3, 0.4) is 0 Å². The van der Waals surface area contributed by atoms with Gasteiger partial charge in [0.1, 0.15) is 16.2 Å². The third-order valence-corrected chi connectivity index (χ3v) is 5.67. The van der Waals surface area contributed by atoms with Gasteiger partial charge in [0.25, 0.3) is 11.5 Å². The first-order valence-electron chi connectivity index (χ1n) is 8.78. The fourth-order valence-corrected chi connectivity index (χ4v) is 4.14. The number of carbonyl (C=O) groups is 3. The monoisotopic (exact) mass is 412 g/mol. The van der Waals surface area contributed by atoms with E-state index in [0.29, 0.717) is 23.4 Å². The van der Waals surface area contributed by atoms with Gasteiger partial charge in [-0.25, -0.2) is 4.79 Å². The number of amides is 1. The zero-order valence-electron chi connectivity index (χ0n) is 15.3. The predicted molar refractivity (Wildman–Crippen MR) is 105 cm³/mol. The molecule has 0 saturated carbocycles. The minimum absolute atomic E-state index is 0.159. The molecule has 0 aliphatic heterocycles. The van der Waals surface area contributed by atoms with Crippen molar-refractivity contribution in [2.45, 2.75) is 18.8 Å². The molecule has 0 bridgehead atoms. The lowest BCUT2D eigenvalue weighted by atomic mass is 9.84. The van der Waals surface area contributed by atoms with Gasteiger partial charge in [0.05, 0.1) is 19.1 Å². The molecule has 3 aromatic heterocycles. The van der Waals surface area contributed by atoms with Crippen LogP contribution in [0.25, 0.3) is 0 Å². The van der Waals surface area contributed by atoms with Crippen LogP contribution < -0.4 is 10.9 Å². The van der Waals surface area contributed by atoms with Gasteiger partial charge in [0.2, 0.25) is 0 Å². The van der Waals surface area contributed by atoms with Crippen molar-refractivity contribution in [3.8, 4) is 0 Å². The summed E-state index contributed by atoms with van der Waals surface area (Å²) in [6.45, 7) is 0. The molecule has 4 rings (SSSR count). The molecule has 1 amide bonds. The van der Waals surface area contributed by atoms with Gasteiger partial charge in [-0.1, -0.05) is 0 Å². The molecular formula is C20H16N2O6S. The van der Waals surface area contributed by atoms with E-state index in [1.165, 1.54) is 13.2 Å². The summed E-state index contributed by atoms with van der Waals surface area (Å²) >= 11 is 1.11. The number of aromatic amines is 1. The molecule has 0 fully saturated rings. The van der Waals surface area contributed by atoms with Gasteiger partial charge in [-0.2, -0.15) is 0 Å². The third-order valence-electron chi connectivity index (χ3n) is 4.78. The Labute approximate surface area is 168 Å². The fourth-order valence-electron chi connectivity index (χ4n) is 3.37. The molecule has 1 aliphatic carbocycles. The van der Waals surface area contributed by atoms with Crippen LogP contribution in [0.5, 0.6) is 0 Å². The number of aromatic nitrogens is 1. The van der Waals surface area contributed by atoms with Gasteiger partial charge in [-0.3, -0.25) is 14.4 Å². The number of carbonyl (C=O) groups excluding carboxylic acids is 3. The largest absolute Gasteiger partial charge is 0.469 e. The van der Waals surface area contributed by atoms with Crippen molar-refractivity contribution in [3.63, 3.8) is 0 Å². The second kappa shape index (κ2) is 7.51. The number of pyridine rings is 1. The maximum atomic E-state index is 12.6. The number of methoxy groups -OCH3 is 1. The van der Waals surface area contributed by atoms with Crippen LogP contribution >= 0.6 is 11.3 Å². The molecule has 0 radical (unpaired) electrons. The summed E-state index contributed by atoms with van der Waals surface area (Å²) in [5, 5.41) is 4.16. The molecule has 3 aromatic rings. The van der Waals surface area contributed by atoms with E-state index in [-0.39, 0.29) is 34.2 Å². The van der Waals surface area contributed by atoms with Crippen LogP contribution in [0.4, 0.5) is 5.69 Å². The summed E-state index contributed by atoms with van der Waals surface area (Å²) in [5.74, 6) is -0.954. The summed E-state index contributed by atoms with van der Waals surface area (Å²) in [4.78, 5) is 52.4. The smallest absolute Gasteiger partial charge is 0.350 e. The Kier molecular flexibility index (Phi) is 4.89. The average molecular weight is 412 g/mol. The molecular weight excluding hydrogens is 396 g/mol. The molecule has 8 nitrogen and oxygen atoms in total. The summed E-state index contributed by atoms with van der Waals surface area (Å²) < 4.78 is 10.1. The first-order chi connectivity index (χ1) is 14.0. The Hall–Kier alpha value is -3.46. The van der Waals surface area contributed by atoms with E-state index in [2.05, 4.69) is 15.0 Å². The van der Waals surface area contributed by atoms with Crippen molar-refractivity contribution in [1.29, 1.82) is 0 Å². The van der Waals surface area contributed by atoms with Crippen LogP contribution in [0, 0.1) is 0 Å². The van der Waals surface area contributed by atoms with Crippen molar-refractivity contribution in [1.82, 2.24) is 4.98 Å². The molecule has 148 valence electrons. The van der Waals surface area contributed by atoms with E-state index >= 15 is 0 Å². The molecule has 29 heavy (non-hydrogen) atoms. The summed E-state index contributed by atoms with van der Waals surface area (Å²) in [7, 11) is 1.24. The number of ketones is 1. The second-order valence-corrected chi connectivity index (χ2v) is 7.47. The molecule has 0 spiro atoms. The maximum absolute atomic E-state index is 12.6. The quantitative estimate of drug-likeness (QED) is 0.636. The first-order valence-corrected chi connectivity index (χ1v) is 9.66. The lowest BCUT2D eigenvalue weighted by Crippen LogP contribution is -2.29. The zero-order valence-corrected chi connectivity index (χ0v) is 16.1. The predicted octanol–water partition coefficient (Wildman–Crippen LogP) is 2.98. The SMILES string of the molecule is COC(=O)c1sccc1NC(=O)c1cc2c([nH]c1=O)C[C@@H](c1ccco1)CC2=O. The van der Waals surface area contributed by atoms with Gasteiger partial charge in [-0.15, -0.1) is 11.3 Å². The van der Waals surface area contributed by atoms with Gasteiger partial charge >= 0.3 is 5.97 Å². The summed E-state index contributed by atoms with van der Waals surface area (Å²) in [6, 6.07) is 6.40. The van der Waals surface area contributed by atoms with Gasteiger partial charge in [0.15, 0.2) is 5.78 Å². The standard InChI is InChI=1S/C20H16N2O6S/c1-27-20(26)17-13(4-6-29-17)21-18(24)12-9-11-14(22-19(12)25)7-10(8-15(11)23)16-3-2-5-28-16/h2-6,9-10H,7-8H2,1H3,(H,21,24)(H,22,25)/t10-/m1/s1. The third kappa shape index (κ3) is 3.52. The zero-order chi connectivity index (χ0) is 20.5. The Morgan fingerprint density at radius 1 is 1.28 bits per heavy atom. The van der Waals surface area contributed by atoms with Crippen molar-refractivity contribution >= 4 is 34.7 Å². The number of fused-ring (bicyclic) bond motifs is 1. The van der Waals surface area contributed by atoms with Crippen molar-refractivity contribution in [2.75, 3.05) is 12.4 Å². The van der Waals surface area contributed by atoms with Crippen molar-refractivity contribution in [3.05, 3.63) is 73.7 Å². The molecule has 2 N–H and O–H groups in total. The number of Topliss-reactive ketones (excluding diaryl/α,β-unsaturated/α-hetero) is 1. The van der Waals surface area contributed by atoms with E-state index in [1.807, 2.05) is 0 Å². The van der Waals surface area contributed by atoms with E-state index in [0.717, 1.165) is 11.3 Å². The Bertz CT molecular complexity index is 1160. The minimum atomic E-state index is -0.710. The van der Waals surface area contributed by atoms with E-state index in [4.69, 9.17) is 4.42 Å². The number of H-pyrrole nitrogens is 1.